The van der Waals surface area contributed by atoms with Crippen molar-refractivity contribution < 1.29 is 63.4 Å². The Hall–Kier alpha value is -5.58. The van der Waals surface area contributed by atoms with E-state index < -0.39 is 41.2 Å². The summed E-state index contributed by atoms with van der Waals surface area (Å²) in [5.74, 6) is 4.01. The molecular formula is C66H76Cl4N4O12S2. The van der Waals surface area contributed by atoms with Crippen molar-refractivity contribution in [1.82, 2.24) is 9.97 Å². The molecular weight excluding hydrogens is 1250 g/mol. The maximum Gasteiger partial charge on any atom is 0.231 e. The second kappa shape index (κ2) is 30.0. The fourth-order valence-corrected chi connectivity index (χ4v) is 13.8. The van der Waals surface area contributed by atoms with Crippen molar-refractivity contribution in [3.8, 4) is 11.5 Å². The molecule has 2 N–H and O–H groups in total. The zero-order valence-corrected chi connectivity index (χ0v) is 54.5. The highest BCUT2D eigenvalue weighted by Crippen LogP contribution is 2.45. The van der Waals surface area contributed by atoms with E-state index in [0.717, 1.165) is 112 Å². The van der Waals surface area contributed by atoms with Crippen molar-refractivity contribution in [3.63, 3.8) is 0 Å². The monoisotopic (exact) mass is 1320 g/mol. The summed E-state index contributed by atoms with van der Waals surface area (Å²) < 4.78 is 91.8. The summed E-state index contributed by atoms with van der Waals surface area (Å²) in [7, 11) is -0.843. The Morgan fingerprint density at radius 2 is 0.875 bits per heavy atom. The molecule has 472 valence electrons. The Labute approximate surface area is 536 Å². The van der Waals surface area contributed by atoms with Gasteiger partial charge in [-0.1, -0.05) is 170 Å². The maximum atomic E-state index is 12.0. The van der Waals surface area contributed by atoms with E-state index in [4.69, 9.17) is 64.7 Å². The SMILES string of the molecule is C[N+](C)(CCCOc1ccc(Cl)c(Cl)c1)Cc1cnc([C@](O)(c2ccccc2)C2CCCCC2)o1.C[N+](C)(CCCOc1ccc(Cl)c(Cl)c1)Cc1cnc([C@](O)(c2ccccc2)C2CCCCC2)o1.O=S(=O)([O-])c1cccc2c(S(=O)(=O)[O-])cccc12. The second-order valence-electron chi connectivity index (χ2n) is 23.9. The summed E-state index contributed by atoms with van der Waals surface area (Å²) in [4.78, 5) is 8.10. The number of oxazole rings is 2. The zero-order chi connectivity index (χ0) is 63.3. The van der Waals surface area contributed by atoms with Gasteiger partial charge in [-0.25, -0.2) is 26.8 Å². The topological polar surface area (TPSA) is 225 Å². The largest absolute Gasteiger partial charge is 0.744 e. The van der Waals surface area contributed by atoms with E-state index in [1.165, 1.54) is 37.1 Å². The smallest absolute Gasteiger partial charge is 0.231 e. The first-order chi connectivity index (χ1) is 41.8. The van der Waals surface area contributed by atoms with Gasteiger partial charge >= 0.3 is 0 Å². The number of benzene rings is 6. The number of aliphatic hydroxyl groups is 2. The van der Waals surface area contributed by atoms with Crippen LogP contribution in [-0.2, 0) is 44.5 Å². The lowest BCUT2D eigenvalue weighted by Gasteiger charge is -2.36. The maximum absolute atomic E-state index is 12.0. The molecule has 0 radical (unpaired) electrons. The van der Waals surface area contributed by atoms with E-state index >= 15 is 0 Å². The Morgan fingerprint density at radius 1 is 0.511 bits per heavy atom. The summed E-state index contributed by atoms with van der Waals surface area (Å²) in [6.45, 7) is 4.30. The van der Waals surface area contributed by atoms with Crippen LogP contribution >= 0.6 is 46.4 Å². The minimum absolute atomic E-state index is 0.0792. The fourth-order valence-electron chi connectivity index (χ4n) is 11.8. The highest BCUT2D eigenvalue weighted by molar-refractivity contribution is 7.86. The highest BCUT2D eigenvalue weighted by Gasteiger charge is 2.46. The minimum Gasteiger partial charge on any atom is -0.744 e. The van der Waals surface area contributed by atoms with Crippen molar-refractivity contribution in [1.29, 1.82) is 0 Å². The average molecular weight is 1320 g/mol. The molecule has 22 heteroatoms. The predicted molar refractivity (Wildman–Crippen MR) is 339 cm³/mol. The molecule has 0 bridgehead atoms. The number of aromatic nitrogens is 2. The van der Waals surface area contributed by atoms with Crippen molar-refractivity contribution in [2.45, 2.75) is 111 Å². The molecule has 0 aliphatic heterocycles. The predicted octanol–water partition coefficient (Wildman–Crippen LogP) is 14.3. The van der Waals surface area contributed by atoms with Gasteiger partial charge < -0.3 is 46.6 Å². The van der Waals surface area contributed by atoms with Gasteiger partial charge in [-0.05, 0) is 73.2 Å². The molecule has 2 atom stereocenters. The first-order valence-electron chi connectivity index (χ1n) is 29.5. The zero-order valence-electron chi connectivity index (χ0n) is 49.8. The van der Waals surface area contributed by atoms with E-state index in [1.807, 2.05) is 72.8 Å². The van der Waals surface area contributed by atoms with Gasteiger partial charge in [0.2, 0.25) is 11.8 Å². The molecule has 0 amide bonds. The first-order valence-corrected chi connectivity index (χ1v) is 33.8. The van der Waals surface area contributed by atoms with Crippen LogP contribution in [0.3, 0.4) is 0 Å². The third-order valence-corrected chi connectivity index (χ3v) is 19.5. The van der Waals surface area contributed by atoms with Crippen LogP contribution in [0.4, 0.5) is 0 Å². The lowest BCUT2D eigenvalue weighted by molar-refractivity contribution is -0.904. The molecule has 6 aromatic carbocycles. The van der Waals surface area contributed by atoms with Gasteiger partial charge in [0.15, 0.2) is 22.7 Å². The Balaban J connectivity index is 0.000000180. The molecule has 2 aliphatic rings. The molecule has 2 aromatic heterocycles. The summed E-state index contributed by atoms with van der Waals surface area (Å²) >= 11 is 24.1. The van der Waals surface area contributed by atoms with Crippen LogP contribution in [0.5, 0.6) is 11.5 Å². The van der Waals surface area contributed by atoms with Crippen LogP contribution in [0, 0.1) is 11.8 Å². The average Bonchev–Trinajstić information content (AvgIpc) is 1.42. The standard InChI is InChI=1S/2C28H35Cl2N2O3.C10H8O6S2/c2*1-32(2,16-9-17-34-23-14-15-25(29)26(30)18-23)20-24-19-31-27(35-24)28(33,21-10-5-3-6-11-21)22-12-7-4-8-13-22;11-17(12,13)9-5-1-3-7-8(9)4-2-6-10(7)18(14,15)16/h2*3,5-6,10-11,14-15,18-19,22,33H,4,7-9,12-13,16-17,20H2,1-2H3;1-6H,(H,11,12,13)(H,14,15,16)/q2*+1;/p-2/t2*28-;/m00./s1. The molecule has 10 rings (SSSR count). The molecule has 88 heavy (non-hydrogen) atoms. The quantitative estimate of drug-likeness (QED) is 0.0366. The molecule has 0 saturated heterocycles. The Kier molecular flexibility index (Phi) is 23.3. The highest BCUT2D eigenvalue weighted by atomic mass is 35.5. The van der Waals surface area contributed by atoms with E-state index in [9.17, 15) is 36.2 Å². The molecule has 2 heterocycles. The normalized spacial score (nSPS) is 15.9. The number of fused-ring (bicyclic) bond motifs is 1. The fraction of sp³-hybridized carbons (Fsp3) is 0.394. The van der Waals surface area contributed by atoms with Gasteiger partial charge in [0, 0.05) is 47.6 Å². The summed E-state index contributed by atoms with van der Waals surface area (Å²) in [6, 6.07) is 37.4. The third-order valence-electron chi connectivity index (χ3n) is 16.3. The van der Waals surface area contributed by atoms with Crippen LogP contribution in [0.25, 0.3) is 10.8 Å². The summed E-state index contributed by atoms with van der Waals surface area (Å²) in [6.07, 6.45) is 16.1. The van der Waals surface area contributed by atoms with Gasteiger partial charge in [0.1, 0.15) is 44.8 Å². The molecule has 0 unspecified atom stereocenters. The van der Waals surface area contributed by atoms with Gasteiger partial charge in [-0.3, -0.25) is 0 Å². The first kappa shape index (κ1) is 68.3. The number of ether oxygens (including phenoxy) is 2. The molecule has 8 aromatic rings. The lowest BCUT2D eigenvalue weighted by Crippen LogP contribution is -2.40. The van der Waals surface area contributed by atoms with Crippen LogP contribution in [0.1, 0.15) is 111 Å². The third kappa shape index (κ3) is 17.9. The number of nitrogens with zero attached hydrogens (tertiary/aromatic N) is 4. The molecule has 0 spiro atoms. The Bertz CT molecular complexity index is 3560. The van der Waals surface area contributed by atoms with Crippen molar-refractivity contribution in [2.24, 2.45) is 11.8 Å². The van der Waals surface area contributed by atoms with Gasteiger partial charge in [0.05, 0.1) is 96.8 Å². The summed E-state index contributed by atoms with van der Waals surface area (Å²) in [5.41, 5.74) is -0.697. The number of hydrogen-bond acceptors (Lipinski definition) is 14. The minimum atomic E-state index is -4.74. The molecule has 16 nitrogen and oxygen atoms in total. The lowest BCUT2D eigenvalue weighted by atomic mass is 9.73. The van der Waals surface area contributed by atoms with Crippen molar-refractivity contribution in [2.75, 3.05) is 54.5 Å². The van der Waals surface area contributed by atoms with E-state index in [2.05, 4.69) is 38.2 Å². The number of hydrogen-bond donors (Lipinski definition) is 2. The van der Waals surface area contributed by atoms with E-state index in [1.54, 1.807) is 36.7 Å². The molecule has 2 fully saturated rings. The van der Waals surface area contributed by atoms with Gasteiger partial charge in [-0.15, -0.1) is 0 Å². The van der Waals surface area contributed by atoms with Gasteiger partial charge in [0.25, 0.3) is 0 Å². The van der Waals surface area contributed by atoms with Gasteiger partial charge in [-0.2, -0.15) is 0 Å². The number of rotatable bonds is 22. The van der Waals surface area contributed by atoms with Crippen LogP contribution < -0.4 is 9.47 Å². The van der Waals surface area contributed by atoms with Crippen LogP contribution in [0.2, 0.25) is 20.1 Å². The number of halogens is 4. The van der Waals surface area contributed by atoms with E-state index in [0.29, 0.717) is 78.6 Å². The summed E-state index contributed by atoms with van der Waals surface area (Å²) in [5, 5.41) is 25.9. The van der Waals surface area contributed by atoms with Crippen molar-refractivity contribution in [3.05, 3.63) is 200 Å². The van der Waals surface area contributed by atoms with E-state index in [-0.39, 0.29) is 22.6 Å². The number of quaternary nitrogens is 2. The molecule has 2 saturated carbocycles. The van der Waals surface area contributed by atoms with Crippen LogP contribution in [-0.4, -0.2) is 110 Å². The molecule has 2 aliphatic carbocycles. The van der Waals surface area contributed by atoms with Crippen molar-refractivity contribution >= 4 is 77.4 Å². The Morgan fingerprint density at radius 3 is 1.22 bits per heavy atom. The second-order valence-corrected chi connectivity index (χ2v) is 28.2. The van der Waals surface area contributed by atoms with Crippen LogP contribution in [0.15, 0.2) is 164 Å².